The Morgan fingerprint density at radius 2 is 0.867 bits per heavy atom. The average Bonchev–Trinajstić information content (AvgIpc) is 3.70. The van der Waals surface area contributed by atoms with E-state index in [1.165, 1.54) is 24.3 Å². The zero-order chi connectivity index (χ0) is 46.3. The van der Waals surface area contributed by atoms with Gasteiger partial charge in [0, 0.05) is 16.3 Å². The van der Waals surface area contributed by atoms with Crippen molar-refractivity contribution in [1.82, 2.24) is 0 Å². The monoisotopic (exact) mass is 591 g/mol. The van der Waals surface area contributed by atoms with Gasteiger partial charge in [0.1, 0.15) is 11.2 Å². The topological polar surface area (TPSA) is 13.1 Å². The Morgan fingerprint density at radius 1 is 0.356 bits per heavy atom. The molecule has 0 fully saturated rings. The van der Waals surface area contributed by atoms with E-state index in [9.17, 15) is 6.85 Å². The quantitative estimate of drug-likeness (QED) is 0.186. The molecule has 0 radical (unpaired) electrons. The van der Waals surface area contributed by atoms with Gasteiger partial charge in [0.15, 0.2) is 0 Å². The molecule has 0 aliphatic rings. The molecule has 0 unspecified atom stereocenters. The second-order valence-corrected chi connectivity index (χ2v) is 10.2. The molecule has 0 bridgehead atoms. The van der Waals surface area contributed by atoms with E-state index in [0.29, 0.717) is 16.7 Å². The molecule has 0 saturated heterocycles. The third kappa shape index (κ3) is 4.09. The van der Waals surface area contributed by atoms with E-state index in [0.717, 1.165) is 0 Å². The minimum Gasteiger partial charge on any atom is -0.456 e. The second-order valence-electron chi connectivity index (χ2n) is 10.2. The van der Waals surface area contributed by atoms with Crippen LogP contribution in [0.25, 0.3) is 88.0 Å². The van der Waals surface area contributed by atoms with E-state index >= 15 is 0 Å². The van der Waals surface area contributed by atoms with Gasteiger partial charge in [-0.1, -0.05) is 157 Å². The van der Waals surface area contributed by atoms with Gasteiger partial charge in [0.2, 0.25) is 0 Å². The molecule has 1 heteroatoms. The largest absolute Gasteiger partial charge is 0.456 e. The van der Waals surface area contributed by atoms with E-state index in [2.05, 4.69) is 0 Å². The lowest BCUT2D eigenvalue weighted by atomic mass is 9.85. The van der Waals surface area contributed by atoms with Crippen LogP contribution in [0.3, 0.4) is 0 Å². The zero-order valence-corrected chi connectivity index (χ0v) is 23.1. The Kier molecular flexibility index (Phi) is 2.99. The molecular weight excluding hydrogens is 544 g/mol. The highest BCUT2D eigenvalue weighted by Crippen LogP contribution is 2.45. The fourth-order valence-electron chi connectivity index (χ4n) is 5.91. The van der Waals surface area contributed by atoms with Crippen molar-refractivity contribution in [3.8, 4) is 44.5 Å². The Labute approximate surface area is 288 Å². The summed E-state index contributed by atoms with van der Waals surface area (Å²) in [4.78, 5) is 0. The summed E-state index contributed by atoms with van der Waals surface area (Å²) in [6.45, 7) is 0. The van der Waals surface area contributed by atoms with Crippen molar-refractivity contribution in [1.29, 1.82) is 0 Å². The number of hydrogen-bond donors (Lipinski definition) is 0. The predicted octanol–water partition coefficient (Wildman–Crippen LogP) is 12.6. The van der Waals surface area contributed by atoms with Crippen molar-refractivity contribution in [3.63, 3.8) is 0 Å². The molecule has 1 aromatic heterocycles. The lowest BCUT2D eigenvalue weighted by Gasteiger charge is -2.18. The Morgan fingerprint density at radius 3 is 1.51 bits per heavy atom. The van der Waals surface area contributed by atoms with Gasteiger partial charge in [-0.3, -0.25) is 0 Å². The van der Waals surface area contributed by atoms with Crippen molar-refractivity contribution in [2.45, 2.75) is 0 Å². The van der Waals surface area contributed by atoms with Crippen molar-refractivity contribution >= 4 is 43.5 Å². The summed E-state index contributed by atoms with van der Waals surface area (Å²) in [5, 5.41) is -1.08. The fraction of sp³-hybridized carbons (Fsp3) is 0. The molecule has 1 heterocycles. The number of hydrogen-bond acceptors (Lipinski definition) is 1. The normalized spacial score (nSPS) is 17.5. The van der Waals surface area contributed by atoms with E-state index in [1.807, 2.05) is 0 Å². The first kappa shape index (κ1) is 13.0. The molecule has 0 spiro atoms. The van der Waals surface area contributed by atoms with Gasteiger partial charge in [0.05, 0.1) is 26.0 Å². The van der Waals surface area contributed by atoms with Crippen LogP contribution < -0.4 is 0 Å². The molecule has 0 aliphatic heterocycles. The van der Waals surface area contributed by atoms with E-state index in [4.69, 9.17) is 23.6 Å². The summed E-state index contributed by atoms with van der Waals surface area (Å²) < 4.78 is 173. The first-order chi connectivity index (χ1) is 30.2. The Bertz CT molecular complexity index is 3470. The first-order valence-corrected chi connectivity index (χ1v) is 13.9. The van der Waals surface area contributed by atoms with Crippen molar-refractivity contribution in [3.05, 3.63) is 169 Å². The van der Waals surface area contributed by atoms with Crippen molar-refractivity contribution in [2.24, 2.45) is 0 Å². The second kappa shape index (κ2) is 10.4. The molecule has 0 aliphatic carbocycles. The maximum Gasteiger partial charge on any atom is 0.136 e. The van der Waals surface area contributed by atoms with Gasteiger partial charge in [-0.05, 0) is 72.6 Å². The molecular formula is C44H28O. The lowest BCUT2D eigenvalue weighted by molar-refractivity contribution is 0.669. The SMILES string of the molecule is [2H]c1c([2H])c([2H])c(-c2c3c([2H])c([2H])c([2H])c([2H])c3c(-c3ccc(-c4c([2H])c([2H])c5oc6c([2H])c([2H])c([2H])c([2H])c6c5c4-c4ccccc4)cc3)c3c([2H])c([2H])c([2H])c([2H])c23)c([2H])c1[2H]. The third-order valence-corrected chi connectivity index (χ3v) is 7.79. The maximum absolute atomic E-state index is 9.33. The van der Waals surface area contributed by atoms with Gasteiger partial charge < -0.3 is 4.42 Å². The highest BCUT2D eigenvalue weighted by Gasteiger charge is 2.19. The number of furan rings is 1. The Balaban J connectivity index is 1.44. The number of para-hydroxylation sites is 1. The predicted molar refractivity (Wildman–Crippen MR) is 190 cm³/mol. The fourth-order valence-corrected chi connectivity index (χ4v) is 5.91. The smallest absolute Gasteiger partial charge is 0.136 e. The van der Waals surface area contributed by atoms with Gasteiger partial charge in [0.25, 0.3) is 0 Å². The van der Waals surface area contributed by atoms with Gasteiger partial charge in [-0.2, -0.15) is 0 Å². The van der Waals surface area contributed by atoms with Crippen LogP contribution in [0.4, 0.5) is 0 Å². The van der Waals surface area contributed by atoms with Crippen LogP contribution in [0.15, 0.2) is 174 Å². The zero-order valence-electron chi connectivity index (χ0n) is 42.1. The molecule has 210 valence electrons. The summed E-state index contributed by atoms with van der Waals surface area (Å²) in [5.41, 5.74) is 0.107. The van der Waals surface area contributed by atoms with Crippen molar-refractivity contribution < 1.29 is 30.5 Å². The van der Waals surface area contributed by atoms with Gasteiger partial charge in [-0.25, -0.2) is 0 Å². The third-order valence-electron chi connectivity index (χ3n) is 7.79. The van der Waals surface area contributed by atoms with Crippen LogP contribution in [-0.2, 0) is 0 Å². The maximum atomic E-state index is 9.33. The number of benzene rings is 8. The highest BCUT2D eigenvalue weighted by molar-refractivity contribution is 6.21. The van der Waals surface area contributed by atoms with Gasteiger partial charge >= 0.3 is 0 Å². The molecule has 0 N–H and O–H groups in total. The van der Waals surface area contributed by atoms with Crippen molar-refractivity contribution in [2.75, 3.05) is 0 Å². The molecule has 45 heavy (non-hydrogen) atoms. The molecule has 0 amide bonds. The Hall–Kier alpha value is -5.92. The summed E-state index contributed by atoms with van der Waals surface area (Å²) in [7, 11) is 0. The number of fused-ring (bicyclic) bond motifs is 5. The lowest BCUT2D eigenvalue weighted by Crippen LogP contribution is -1.91. The van der Waals surface area contributed by atoms with Crippen LogP contribution in [0, 0.1) is 0 Å². The average molecular weight is 592 g/mol. The summed E-state index contributed by atoms with van der Waals surface area (Å²) in [6.07, 6.45) is 0. The standard InChI is InChI=1S/C44H28O/c1-3-13-30(14-4-1)41-34-17-7-9-19-36(34)42(37-20-10-8-18-35(37)41)32-25-23-29(24-26-32)33-27-28-40-44(38-21-11-12-22-39(38)45-40)43(33)31-15-5-2-6-16-31/h1-28H/i1D,3D,4D,7D,8D,9D,10D,11D,12D,13D,14D,17D,18D,19D,20D,21D,22D,27D,28D. The van der Waals surface area contributed by atoms with E-state index in [-0.39, 0.29) is 66.2 Å². The summed E-state index contributed by atoms with van der Waals surface area (Å²) in [5.74, 6) is 0. The molecule has 1 nitrogen and oxygen atoms in total. The van der Waals surface area contributed by atoms with Crippen LogP contribution in [0.1, 0.15) is 26.0 Å². The molecule has 9 rings (SSSR count). The van der Waals surface area contributed by atoms with Gasteiger partial charge in [-0.15, -0.1) is 0 Å². The van der Waals surface area contributed by atoms with Crippen LogP contribution in [-0.4, -0.2) is 0 Å². The minimum absolute atomic E-state index is 0.00614. The summed E-state index contributed by atoms with van der Waals surface area (Å²) >= 11 is 0. The van der Waals surface area contributed by atoms with Crippen LogP contribution >= 0.6 is 0 Å². The molecule has 0 saturated carbocycles. The van der Waals surface area contributed by atoms with Crippen LogP contribution in [0.5, 0.6) is 0 Å². The molecule has 8 aromatic carbocycles. The van der Waals surface area contributed by atoms with E-state index < -0.39 is 120 Å². The van der Waals surface area contributed by atoms with Crippen LogP contribution in [0.2, 0.25) is 0 Å². The first-order valence-electron chi connectivity index (χ1n) is 23.4. The molecule has 0 atom stereocenters. The summed E-state index contributed by atoms with van der Waals surface area (Å²) in [6, 6.07) is 2.66. The number of rotatable bonds is 4. The molecule has 9 aromatic rings. The van der Waals surface area contributed by atoms with E-state index in [1.54, 1.807) is 30.3 Å². The minimum atomic E-state index is -0.778. The highest BCUT2D eigenvalue weighted by atomic mass is 16.3.